The molecule has 0 saturated carbocycles. The summed E-state index contributed by atoms with van der Waals surface area (Å²) >= 11 is 5.57. The fraction of sp³-hybridized carbons (Fsp3) is 0.250. The summed E-state index contributed by atoms with van der Waals surface area (Å²) in [5.74, 6) is -7.61. The third-order valence-corrected chi connectivity index (χ3v) is 5.04. The standard InChI is InChI=1S/C20H11ClF9N3O2/c21-17-11(26)3-7-16(34)8(20(35)31-14(12(27)4-22)13(28)18(29)30)5-33(19(7)32-17)15-9(24)1-6(23)2-10(15)25/h1-3,5,12-14,18H,4H2,(H,31,35). The van der Waals surface area contributed by atoms with Crippen LogP contribution < -0.4 is 10.7 Å². The van der Waals surface area contributed by atoms with Gasteiger partial charge in [0.15, 0.2) is 40.6 Å². The van der Waals surface area contributed by atoms with Crippen molar-refractivity contribution in [2.45, 2.75) is 24.8 Å². The first kappa shape index (κ1) is 26.3. The monoisotopic (exact) mass is 531 g/mol. The number of fused-ring (bicyclic) bond motifs is 1. The van der Waals surface area contributed by atoms with Gasteiger partial charge in [0.2, 0.25) is 5.43 Å². The van der Waals surface area contributed by atoms with Gasteiger partial charge in [0.1, 0.15) is 23.7 Å². The van der Waals surface area contributed by atoms with Crippen LogP contribution in [0, 0.1) is 23.3 Å². The molecule has 0 aliphatic heterocycles. The maximum absolute atomic E-state index is 14.5. The maximum atomic E-state index is 14.5. The van der Waals surface area contributed by atoms with Crippen molar-refractivity contribution in [3.05, 3.63) is 68.6 Å². The minimum Gasteiger partial charge on any atom is -0.343 e. The topological polar surface area (TPSA) is 64.0 Å². The number of hydrogen-bond donors (Lipinski definition) is 1. The van der Waals surface area contributed by atoms with Gasteiger partial charge in [-0.3, -0.25) is 14.2 Å². The lowest BCUT2D eigenvalue weighted by Crippen LogP contribution is -2.51. The normalized spacial score (nSPS) is 14.3. The van der Waals surface area contributed by atoms with Gasteiger partial charge in [0, 0.05) is 18.3 Å². The van der Waals surface area contributed by atoms with Gasteiger partial charge in [-0.15, -0.1) is 0 Å². The summed E-state index contributed by atoms with van der Waals surface area (Å²) in [6.07, 6.45) is -9.84. The molecule has 188 valence electrons. The van der Waals surface area contributed by atoms with E-state index in [4.69, 9.17) is 11.6 Å². The Bertz CT molecular complexity index is 1330. The molecule has 0 spiro atoms. The van der Waals surface area contributed by atoms with Crippen molar-refractivity contribution in [3.63, 3.8) is 0 Å². The summed E-state index contributed by atoms with van der Waals surface area (Å²) in [6, 6.07) is -1.91. The molecule has 2 aromatic heterocycles. The number of carbonyl (C=O) groups is 1. The van der Waals surface area contributed by atoms with Crippen molar-refractivity contribution >= 4 is 28.5 Å². The van der Waals surface area contributed by atoms with Crippen LogP contribution in [0.15, 0.2) is 29.2 Å². The quantitative estimate of drug-likeness (QED) is 0.358. The van der Waals surface area contributed by atoms with Gasteiger partial charge >= 0.3 is 0 Å². The number of rotatable bonds is 7. The third-order valence-electron chi connectivity index (χ3n) is 4.77. The number of nitrogens with zero attached hydrogens (tertiary/aromatic N) is 2. The van der Waals surface area contributed by atoms with Gasteiger partial charge in [-0.25, -0.2) is 44.5 Å². The zero-order valence-corrected chi connectivity index (χ0v) is 17.6. The molecule has 5 nitrogen and oxygen atoms in total. The molecule has 1 N–H and O–H groups in total. The number of amides is 1. The Morgan fingerprint density at radius 3 is 2.17 bits per heavy atom. The molecule has 3 unspecified atom stereocenters. The molecule has 1 aromatic carbocycles. The number of aromatic nitrogens is 2. The molecular weight excluding hydrogens is 521 g/mol. The summed E-state index contributed by atoms with van der Waals surface area (Å²) in [5, 5.41) is -0.292. The second-order valence-corrected chi connectivity index (χ2v) is 7.40. The Kier molecular flexibility index (Phi) is 7.62. The lowest BCUT2D eigenvalue weighted by atomic mass is 10.1. The molecule has 0 saturated heterocycles. The van der Waals surface area contributed by atoms with Crippen LogP contribution in [0.4, 0.5) is 39.5 Å². The first-order valence-electron chi connectivity index (χ1n) is 9.36. The zero-order chi connectivity index (χ0) is 26.2. The highest BCUT2D eigenvalue weighted by molar-refractivity contribution is 6.29. The maximum Gasteiger partial charge on any atom is 0.271 e. The number of pyridine rings is 2. The largest absolute Gasteiger partial charge is 0.343 e. The van der Waals surface area contributed by atoms with Crippen LogP contribution in [0.2, 0.25) is 5.15 Å². The molecule has 0 bridgehead atoms. The van der Waals surface area contributed by atoms with Crippen LogP contribution in [-0.4, -0.2) is 46.9 Å². The van der Waals surface area contributed by atoms with Crippen LogP contribution in [0.25, 0.3) is 16.7 Å². The van der Waals surface area contributed by atoms with Gasteiger partial charge in [0.05, 0.1) is 11.4 Å². The Morgan fingerprint density at radius 2 is 1.63 bits per heavy atom. The summed E-state index contributed by atoms with van der Waals surface area (Å²) in [6.45, 7) is -1.99. The minimum atomic E-state index is -3.86. The Labute approximate surface area is 194 Å². The van der Waals surface area contributed by atoms with E-state index in [2.05, 4.69) is 4.98 Å². The molecule has 35 heavy (non-hydrogen) atoms. The summed E-state index contributed by atoms with van der Waals surface area (Å²) in [4.78, 5) is 28.9. The van der Waals surface area contributed by atoms with Crippen LogP contribution in [-0.2, 0) is 0 Å². The van der Waals surface area contributed by atoms with Crippen molar-refractivity contribution in [1.82, 2.24) is 14.9 Å². The number of carbonyl (C=O) groups excluding carboxylic acids is 1. The fourth-order valence-corrected chi connectivity index (χ4v) is 3.28. The molecular formula is C20H11ClF9N3O2. The van der Waals surface area contributed by atoms with Crippen molar-refractivity contribution < 1.29 is 44.3 Å². The van der Waals surface area contributed by atoms with E-state index in [9.17, 15) is 49.1 Å². The van der Waals surface area contributed by atoms with E-state index >= 15 is 0 Å². The molecule has 0 aliphatic carbocycles. The minimum absolute atomic E-state index is 0.217. The molecule has 0 aliphatic rings. The van der Waals surface area contributed by atoms with Crippen molar-refractivity contribution in [3.8, 4) is 5.69 Å². The zero-order valence-electron chi connectivity index (χ0n) is 16.8. The second kappa shape index (κ2) is 10.1. The lowest BCUT2D eigenvalue weighted by molar-refractivity contribution is 0.00511. The molecule has 2 heterocycles. The molecule has 3 rings (SSSR count). The van der Waals surface area contributed by atoms with Crippen molar-refractivity contribution in [2.75, 3.05) is 6.67 Å². The average molecular weight is 532 g/mol. The van der Waals surface area contributed by atoms with E-state index in [0.29, 0.717) is 16.8 Å². The number of hydrogen-bond acceptors (Lipinski definition) is 3. The number of benzene rings is 1. The third kappa shape index (κ3) is 5.06. The highest BCUT2D eigenvalue weighted by atomic mass is 35.5. The first-order valence-corrected chi connectivity index (χ1v) is 9.74. The SMILES string of the molecule is O=C(NC(C(F)CF)C(F)C(F)F)c1cn(-c2c(F)cc(F)cc2F)c2nc(Cl)c(F)cc2c1=O. The molecule has 15 heteroatoms. The molecule has 3 aromatic rings. The van der Waals surface area contributed by atoms with E-state index in [1.807, 2.05) is 0 Å². The highest BCUT2D eigenvalue weighted by Gasteiger charge is 2.38. The number of halogens is 10. The van der Waals surface area contributed by atoms with Crippen molar-refractivity contribution in [2.24, 2.45) is 0 Å². The van der Waals surface area contributed by atoms with Gasteiger partial charge < -0.3 is 5.32 Å². The lowest BCUT2D eigenvalue weighted by Gasteiger charge is -2.24. The molecule has 1 amide bonds. The van der Waals surface area contributed by atoms with Crippen LogP contribution in [0.1, 0.15) is 10.4 Å². The molecule has 0 fully saturated rings. The molecule has 0 radical (unpaired) electrons. The second-order valence-electron chi connectivity index (χ2n) is 7.04. The van der Waals surface area contributed by atoms with Gasteiger partial charge in [-0.05, 0) is 6.07 Å². The Balaban J connectivity index is 2.28. The Morgan fingerprint density at radius 1 is 1.03 bits per heavy atom. The number of nitrogens with one attached hydrogen (secondary N) is 1. The summed E-state index contributed by atoms with van der Waals surface area (Å²) in [7, 11) is 0. The first-order chi connectivity index (χ1) is 16.4. The predicted molar refractivity (Wildman–Crippen MR) is 105 cm³/mol. The Hall–Kier alpha value is -3.29. The average Bonchev–Trinajstić information content (AvgIpc) is 2.78. The smallest absolute Gasteiger partial charge is 0.271 e. The van der Waals surface area contributed by atoms with E-state index in [-0.39, 0.29) is 12.1 Å². The van der Waals surface area contributed by atoms with Gasteiger partial charge in [-0.2, -0.15) is 0 Å². The summed E-state index contributed by atoms with van der Waals surface area (Å²) < 4.78 is 122. The van der Waals surface area contributed by atoms with Crippen molar-refractivity contribution in [1.29, 1.82) is 0 Å². The molecule has 3 atom stereocenters. The summed E-state index contributed by atoms with van der Waals surface area (Å²) in [5.41, 5.74) is -4.44. The highest BCUT2D eigenvalue weighted by Crippen LogP contribution is 2.25. The van der Waals surface area contributed by atoms with Gasteiger partial charge in [0.25, 0.3) is 12.3 Å². The van der Waals surface area contributed by atoms with Gasteiger partial charge in [-0.1, -0.05) is 11.6 Å². The van der Waals surface area contributed by atoms with E-state index < -0.39 is 93.5 Å². The van der Waals surface area contributed by atoms with E-state index in [1.165, 1.54) is 5.32 Å². The van der Waals surface area contributed by atoms with E-state index in [1.54, 1.807) is 0 Å². The van der Waals surface area contributed by atoms with Crippen LogP contribution >= 0.6 is 11.6 Å². The predicted octanol–water partition coefficient (Wildman–Crippen LogP) is 4.60. The van der Waals surface area contributed by atoms with Crippen LogP contribution in [0.3, 0.4) is 0 Å². The van der Waals surface area contributed by atoms with E-state index in [0.717, 1.165) is 0 Å². The fourth-order valence-electron chi connectivity index (χ4n) is 3.15. The van der Waals surface area contributed by atoms with Crippen LogP contribution in [0.5, 0.6) is 0 Å². The number of alkyl halides is 5.